The number of amides is 1. The van der Waals surface area contributed by atoms with Gasteiger partial charge in [-0.1, -0.05) is 84.0 Å². The van der Waals surface area contributed by atoms with Gasteiger partial charge in [-0.2, -0.15) is 0 Å². The van der Waals surface area contributed by atoms with Crippen LogP contribution in [0.25, 0.3) is 10.4 Å². The van der Waals surface area contributed by atoms with Crippen molar-refractivity contribution in [2.24, 2.45) is 11.0 Å². The van der Waals surface area contributed by atoms with Gasteiger partial charge in [0.05, 0.1) is 13.2 Å². The van der Waals surface area contributed by atoms with Crippen molar-refractivity contribution in [3.05, 3.63) is 10.4 Å². The maximum atomic E-state index is 11.8. The molecule has 0 radical (unpaired) electrons. The summed E-state index contributed by atoms with van der Waals surface area (Å²) in [5.41, 5.74) is 7.74. The Balaban J connectivity index is 1.87. The molecule has 0 aromatic rings. The fourth-order valence-electron chi connectivity index (χ4n) is 3.43. The summed E-state index contributed by atoms with van der Waals surface area (Å²) in [6.07, 6.45) is 17.6. The van der Waals surface area contributed by atoms with Crippen LogP contribution in [0.15, 0.2) is 5.11 Å². The van der Waals surface area contributed by atoms with Crippen LogP contribution in [0.4, 0.5) is 4.79 Å². The number of hydrogen-bond donors (Lipinski definition) is 0. The minimum atomic E-state index is -1.36. The van der Waals surface area contributed by atoms with Gasteiger partial charge in [0.25, 0.3) is 5.65 Å². The summed E-state index contributed by atoms with van der Waals surface area (Å²) in [5, 5.41) is 3.07. The van der Waals surface area contributed by atoms with Gasteiger partial charge in [-0.05, 0) is 17.1 Å². The zero-order valence-electron chi connectivity index (χ0n) is 18.0. The zero-order valence-corrected chi connectivity index (χ0v) is 18.9. The molecule has 8 heteroatoms. The van der Waals surface area contributed by atoms with Gasteiger partial charge in [0.2, 0.25) is 0 Å². The van der Waals surface area contributed by atoms with E-state index in [1.165, 1.54) is 70.6 Å². The summed E-state index contributed by atoms with van der Waals surface area (Å²) >= 11 is 0. The molecule has 1 rings (SSSR count). The van der Waals surface area contributed by atoms with Crippen molar-refractivity contribution in [2.45, 2.75) is 96.8 Å². The third kappa shape index (κ3) is 13.6. The molecule has 1 amide bonds. The highest BCUT2D eigenvalue weighted by atomic mass is 31.1. The molecule has 7 nitrogen and oxygen atoms in total. The van der Waals surface area contributed by atoms with Gasteiger partial charge in [-0.15, -0.1) is 0 Å². The standard InChI is InChI=1S/C21H38N3O4P/c1-2-3-4-5-6-7-8-9-10-11-12-13-14-15-20(25)27-16-19-17-28-29(18-19)21(26)23-24-22/h19H,2-18H2,1H3. The largest absolute Gasteiger partial charge is 0.465 e. The number of hydrogen-bond acceptors (Lipinski definition) is 4. The van der Waals surface area contributed by atoms with E-state index in [1.807, 2.05) is 0 Å². The molecule has 0 N–H and O–H groups in total. The Morgan fingerprint density at radius 1 is 1.00 bits per heavy atom. The average Bonchev–Trinajstić information content (AvgIpc) is 3.19. The third-order valence-corrected chi connectivity index (χ3v) is 7.02. The lowest BCUT2D eigenvalue weighted by Gasteiger charge is -2.09. The summed E-state index contributed by atoms with van der Waals surface area (Å²) in [5.74, 6) is -0.153. The van der Waals surface area contributed by atoms with E-state index < -0.39 is 13.8 Å². The Morgan fingerprint density at radius 2 is 1.55 bits per heavy atom. The zero-order chi connectivity index (χ0) is 21.2. The van der Waals surface area contributed by atoms with E-state index in [0.717, 1.165) is 12.8 Å². The molecule has 1 aliphatic heterocycles. The predicted octanol–water partition coefficient (Wildman–Crippen LogP) is 7.48. The van der Waals surface area contributed by atoms with Crippen molar-refractivity contribution < 1.29 is 18.8 Å². The van der Waals surface area contributed by atoms with Gasteiger partial charge in [-0.25, -0.2) is 0 Å². The fraction of sp³-hybridized carbons (Fsp3) is 0.905. The first-order valence-corrected chi connectivity index (χ1v) is 12.8. The second-order valence-corrected chi connectivity index (χ2v) is 9.63. The Kier molecular flexibility index (Phi) is 15.8. The van der Waals surface area contributed by atoms with Gasteiger partial charge in [-0.3, -0.25) is 9.59 Å². The minimum Gasteiger partial charge on any atom is -0.465 e. The highest BCUT2D eigenvalue weighted by molar-refractivity contribution is 7.70. The minimum absolute atomic E-state index is 0.0227. The lowest BCUT2D eigenvalue weighted by Crippen LogP contribution is -2.16. The van der Waals surface area contributed by atoms with Gasteiger partial charge in [0.15, 0.2) is 0 Å². The highest BCUT2D eigenvalue weighted by Gasteiger charge is 2.31. The maximum absolute atomic E-state index is 11.8. The molecule has 166 valence electrons. The number of carbonyl (C=O) groups is 2. The molecular formula is C21H38N3O4P. The second-order valence-electron chi connectivity index (χ2n) is 7.87. The van der Waals surface area contributed by atoms with Gasteiger partial charge < -0.3 is 9.26 Å². The van der Waals surface area contributed by atoms with Crippen molar-refractivity contribution in [1.82, 2.24) is 0 Å². The van der Waals surface area contributed by atoms with Crippen LogP contribution in [-0.2, 0) is 14.1 Å². The summed E-state index contributed by atoms with van der Waals surface area (Å²) in [6.45, 7) is 2.91. The van der Waals surface area contributed by atoms with E-state index in [2.05, 4.69) is 16.9 Å². The van der Waals surface area contributed by atoms with Crippen molar-refractivity contribution in [3.63, 3.8) is 0 Å². The lowest BCUT2D eigenvalue weighted by atomic mass is 10.0. The van der Waals surface area contributed by atoms with Crippen LogP contribution < -0.4 is 0 Å². The molecule has 0 aliphatic carbocycles. The summed E-state index contributed by atoms with van der Waals surface area (Å²) < 4.78 is 10.7. The molecule has 1 saturated heterocycles. The number of rotatable bonds is 17. The van der Waals surface area contributed by atoms with E-state index in [9.17, 15) is 9.59 Å². The highest BCUT2D eigenvalue weighted by Crippen LogP contribution is 2.47. The number of carbonyl (C=O) groups excluding carboxylic acids is 2. The molecule has 0 spiro atoms. The quantitative estimate of drug-likeness (QED) is 0.0599. The average molecular weight is 428 g/mol. The normalized spacial score (nSPS) is 18.4. The van der Waals surface area contributed by atoms with Crippen molar-refractivity contribution in [3.8, 4) is 0 Å². The molecule has 2 atom stereocenters. The van der Waals surface area contributed by atoms with E-state index >= 15 is 0 Å². The van der Waals surface area contributed by atoms with Crippen LogP contribution >= 0.6 is 8.15 Å². The SMILES string of the molecule is CCCCCCCCCCCCCCCC(=O)OCC1COP(C(=O)N=[N+]=[N-])C1. The number of azide groups is 1. The van der Waals surface area contributed by atoms with Crippen LogP contribution in [0.2, 0.25) is 0 Å². The Hall–Kier alpha value is -1.16. The molecule has 2 unspecified atom stereocenters. The summed E-state index contributed by atoms with van der Waals surface area (Å²) in [6, 6.07) is 0. The van der Waals surface area contributed by atoms with E-state index in [1.54, 1.807) is 0 Å². The second kappa shape index (κ2) is 17.7. The molecule has 29 heavy (non-hydrogen) atoms. The number of nitrogens with zero attached hydrogens (tertiary/aromatic N) is 3. The number of ether oxygens (including phenoxy) is 1. The van der Waals surface area contributed by atoms with Crippen LogP contribution in [0.3, 0.4) is 0 Å². The van der Waals surface area contributed by atoms with Gasteiger partial charge in [0, 0.05) is 23.4 Å². The van der Waals surface area contributed by atoms with Gasteiger partial charge >= 0.3 is 5.97 Å². The topological polar surface area (TPSA) is 101 Å². The van der Waals surface area contributed by atoms with Crippen LogP contribution in [-0.4, -0.2) is 31.0 Å². The van der Waals surface area contributed by atoms with E-state index in [0.29, 0.717) is 19.2 Å². The Labute approximate surface area is 176 Å². The van der Waals surface area contributed by atoms with Crippen molar-refractivity contribution in [1.29, 1.82) is 0 Å². The van der Waals surface area contributed by atoms with Gasteiger partial charge in [0.1, 0.15) is 8.15 Å². The van der Waals surface area contributed by atoms with E-state index in [-0.39, 0.29) is 18.5 Å². The van der Waals surface area contributed by atoms with Crippen LogP contribution in [0.1, 0.15) is 96.8 Å². The summed E-state index contributed by atoms with van der Waals surface area (Å²) in [4.78, 5) is 25.8. The van der Waals surface area contributed by atoms with Crippen molar-refractivity contribution in [2.75, 3.05) is 19.4 Å². The number of unbranched alkanes of at least 4 members (excludes halogenated alkanes) is 12. The molecule has 1 aliphatic rings. The Morgan fingerprint density at radius 3 is 2.10 bits per heavy atom. The smallest absolute Gasteiger partial charge is 0.305 e. The third-order valence-electron chi connectivity index (χ3n) is 5.20. The first-order valence-electron chi connectivity index (χ1n) is 11.3. The molecule has 1 heterocycles. The number of esters is 1. The molecule has 0 aromatic carbocycles. The van der Waals surface area contributed by atoms with Crippen LogP contribution in [0, 0.1) is 5.92 Å². The first kappa shape index (κ1) is 25.9. The molecular weight excluding hydrogens is 389 g/mol. The fourth-order valence-corrected chi connectivity index (χ4v) is 5.01. The summed E-state index contributed by atoms with van der Waals surface area (Å²) in [7, 11) is -1.36. The first-order chi connectivity index (χ1) is 14.2. The van der Waals surface area contributed by atoms with E-state index in [4.69, 9.17) is 14.8 Å². The maximum Gasteiger partial charge on any atom is 0.305 e. The monoisotopic (exact) mass is 427 g/mol. The predicted molar refractivity (Wildman–Crippen MR) is 117 cm³/mol. The Bertz CT molecular complexity index is 512. The van der Waals surface area contributed by atoms with Crippen LogP contribution in [0.5, 0.6) is 0 Å². The van der Waals surface area contributed by atoms with Crippen molar-refractivity contribution >= 4 is 19.8 Å². The lowest BCUT2D eigenvalue weighted by molar-refractivity contribution is -0.145. The molecule has 1 fully saturated rings. The molecule has 0 bridgehead atoms. The molecule has 0 saturated carbocycles. The molecule has 0 aromatic heterocycles.